The van der Waals surface area contributed by atoms with Crippen LogP contribution in [-0.4, -0.2) is 39.7 Å². The number of nitrogens with zero attached hydrogens (tertiary/aromatic N) is 3. The molecule has 2 aliphatic rings. The molecule has 18 heavy (non-hydrogen) atoms. The standard InChI is InChI=1S/C14H23N3O/c1-12(2)17-11-15-9-13(17)10-16-6-3-14(4-7-16)5-8-18-14/h9,11-12H,3-8,10H2,1-2H3. The zero-order chi connectivity index (χ0) is 12.6. The molecule has 2 fully saturated rings. The summed E-state index contributed by atoms with van der Waals surface area (Å²) >= 11 is 0. The van der Waals surface area contributed by atoms with Crippen molar-refractivity contribution in [3.8, 4) is 0 Å². The smallest absolute Gasteiger partial charge is 0.0951 e. The molecule has 3 rings (SSSR count). The van der Waals surface area contributed by atoms with Crippen LogP contribution in [0.5, 0.6) is 0 Å². The average Bonchev–Trinajstić information content (AvgIpc) is 2.76. The summed E-state index contributed by atoms with van der Waals surface area (Å²) in [5, 5.41) is 0. The van der Waals surface area contributed by atoms with Gasteiger partial charge in [0.25, 0.3) is 0 Å². The van der Waals surface area contributed by atoms with Crippen LogP contribution in [0.3, 0.4) is 0 Å². The molecule has 1 spiro atoms. The van der Waals surface area contributed by atoms with Crippen LogP contribution in [0.1, 0.15) is 44.8 Å². The summed E-state index contributed by atoms with van der Waals surface area (Å²) in [4.78, 5) is 6.81. The number of hydrogen-bond donors (Lipinski definition) is 0. The van der Waals surface area contributed by atoms with Crippen molar-refractivity contribution < 1.29 is 4.74 Å². The molecule has 4 heteroatoms. The van der Waals surface area contributed by atoms with E-state index in [0.29, 0.717) is 6.04 Å². The van der Waals surface area contributed by atoms with Gasteiger partial charge in [-0.3, -0.25) is 4.90 Å². The van der Waals surface area contributed by atoms with Crippen LogP contribution in [0, 0.1) is 0 Å². The number of aromatic nitrogens is 2. The van der Waals surface area contributed by atoms with Gasteiger partial charge in [-0.25, -0.2) is 4.98 Å². The summed E-state index contributed by atoms with van der Waals surface area (Å²) in [6.45, 7) is 8.72. The van der Waals surface area contributed by atoms with Crippen molar-refractivity contribution in [3.05, 3.63) is 18.2 Å². The molecule has 0 unspecified atom stereocenters. The Kier molecular flexibility index (Phi) is 3.16. The van der Waals surface area contributed by atoms with Gasteiger partial charge >= 0.3 is 0 Å². The summed E-state index contributed by atoms with van der Waals surface area (Å²) in [7, 11) is 0. The van der Waals surface area contributed by atoms with E-state index < -0.39 is 0 Å². The van der Waals surface area contributed by atoms with Gasteiger partial charge in [-0.15, -0.1) is 0 Å². The Hall–Kier alpha value is -0.870. The fourth-order valence-electron chi connectivity index (χ4n) is 3.05. The monoisotopic (exact) mass is 249 g/mol. The zero-order valence-electron chi connectivity index (χ0n) is 11.4. The molecular formula is C14H23N3O. The van der Waals surface area contributed by atoms with Gasteiger partial charge in [0.1, 0.15) is 0 Å². The highest BCUT2D eigenvalue weighted by atomic mass is 16.5. The van der Waals surface area contributed by atoms with Gasteiger partial charge in [-0.1, -0.05) is 0 Å². The van der Waals surface area contributed by atoms with Crippen molar-refractivity contribution in [2.75, 3.05) is 19.7 Å². The minimum absolute atomic E-state index is 0.259. The van der Waals surface area contributed by atoms with Crippen LogP contribution < -0.4 is 0 Å². The topological polar surface area (TPSA) is 30.3 Å². The van der Waals surface area contributed by atoms with E-state index in [-0.39, 0.29) is 5.60 Å². The Balaban J connectivity index is 1.59. The molecule has 3 heterocycles. The molecule has 2 aliphatic heterocycles. The lowest BCUT2D eigenvalue weighted by molar-refractivity contribution is -0.173. The molecule has 0 aromatic carbocycles. The van der Waals surface area contributed by atoms with Gasteiger partial charge in [-0.2, -0.15) is 0 Å². The first-order chi connectivity index (χ1) is 8.69. The summed E-state index contributed by atoms with van der Waals surface area (Å²) in [6.07, 6.45) is 7.61. The first-order valence-electron chi connectivity index (χ1n) is 7.06. The number of rotatable bonds is 3. The van der Waals surface area contributed by atoms with Crippen LogP contribution in [0.4, 0.5) is 0 Å². The molecule has 0 atom stereocenters. The van der Waals surface area contributed by atoms with E-state index >= 15 is 0 Å². The number of imidazole rings is 1. The first-order valence-corrected chi connectivity index (χ1v) is 7.06. The SMILES string of the molecule is CC(C)n1cncc1CN1CCC2(CCO2)CC1. The highest BCUT2D eigenvalue weighted by Crippen LogP contribution is 2.36. The second kappa shape index (κ2) is 4.67. The van der Waals surface area contributed by atoms with Crippen LogP contribution >= 0.6 is 0 Å². The van der Waals surface area contributed by atoms with Crippen molar-refractivity contribution in [2.24, 2.45) is 0 Å². The molecule has 0 saturated carbocycles. The second-order valence-corrected chi connectivity index (χ2v) is 5.94. The largest absolute Gasteiger partial charge is 0.375 e. The second-order valence-electron chi connectivity index (χ2n) is 5.94. The van der Waals surface area contributed by atoms with Crippen LogP contribution in [0.2, 0.25) is 0 Å². The van der Waals surface area contributed by atoms with E-state index in [1.165, 1.54) is 25.0 Å². The van der Waals surface area contributed by atoms with Crippen molar-refractivity contribution >= 4 is 0 Å². The Bertz CT molecular complexity index is 399. The van der Waals surface area contributed by atoms with Gasteiger partial charge < -0.3 is 9.30 Å². The van der Waals surface area contributed by atoms with Crippen LogP contribution in [0.15, 0.2) is 12.5 Å². The molecule has 1 aromatic rings. The Morgan fingerprint density at radius 3 is 2.61 bits per heavy atom. The summed E-state index contributed by atoms with van der Waals surface area (Å²) in [6, 6.07) is 0.494. The number of ether oxygens (including phenoxy) is 1. The third kappa shape index (κ3) is 2.19. The van der Waals surface area contributed by atoms with Gasteiger partial charge in [0.2, 0.25) is 0 Å². The van der Waals surface area contributed by atoms with E-state index in [1.807, 2.05) is 12.5 Å². The molecule has 1 aromatic heterocycles. The molecule has 2 saturated heterocycles. The molecule has 4 nitrogen and oxygen atoms in total. The maximum Gasteiger partial charge on any atom is 0.0951 e. The third-order valence-electron chi connectivity index (χ3n) is 4.42. The molecule has 0 bridgehead atoms. The van der Waals surface area contributed by atoms with Gasteiger partial charge in [0.05, 0.1) is 24.2 Å². The zero-order valence-corrected chi connectivity index (χ0v) is 11.4. The maximum absolute atomic E-state index is 5.76. The summed E-state index contributed by atoms with van der Waals surface area (Å²) < 4.78 is 8.03. The summed E-state index contributed by atoms with van der Waals surface area (Å²) in [5.41, 5.74) is 1.59. The predicted molar refractivity (Wildman–Crippen MR) is 70.4 cm³/mol. The Morgan fingerprint density at radius 1 is 1.33 bits per heavy atom. The average molecular weight is 249 g/mol. The minimum atomic E-state index is 0.259. The first kappa shape index (κ1) is 12.2. The summed E-state index contributed by atoms with van der Waals surface area (Å²) in [5.74, 6) is 0. The normalized spacial score (nSPS) is 23.5. The third-order valence-corrected chi connectivity index (χ3v) is 4.42. The molecule has 0 N–H and O–H groups in total. The predicted octanol–water partition coefficient (Wildman–Crippen LogP) is 2.22. The lowest BCUT2D eigenvalue weighted by Crippen LogP contribution is -2.52. The minimum Gasteiger partial charge on any atom is -0.375 e. The molecular weight excluding hydrogens is 226 g/mol. The highest BCUT2D eigenvalue weighted by Gasteiger charge is 2.40. The molecule has 0 radical (unpaired) electrons. The lowest BCUT2D eigenvalue weighted by Gasteiger charge is -2.47. The van der Waals surface area contributed by atoms with E-state index in [9.17, 15) is 0 Å². The van der Waals surface area contributed by atoms with E-state index in [4.69, 9.17) is 4.74 Å². The number of piperidine rings is 1. The molecule has 0 aliphatic carbocycles. The lowest BCUT2D eigenvalue weighted by atomic mass is 9.84. The van der Waals surface area contributed by atoms with Crippen molar-refractivity contribution in [3.63, 3.8) is 0 Å². The fourth-order valence-corrected chi connectivity index (χ4v) is 3.05. The fraction of sp³-hybridized carbons (Fsp3) is 0.786. The maximum atomic E-state index is 5.76. The van der Waals surface area contributed by atoms with Crippen molar-refractivity contribution in [1.29, 1.82) is 0 Å². The highest BCUT2D eigenvalue weighted by molar-refractivity contribution is 5.01. The van der Waals surface area contributed by atoms with Crippen LogP contribution in [-0.2, 0) is 11.3 Å². The van der Waals surface area contributed by atoms with Gasteiger partial charge in [0.15, 0.2) is 0 Å². The number of hydrogen-bond acceptors (Lipinski definition) is 3. The quantitative estimate of drug-likeness (QED) is 0.823. The van der Waals surface area contributed by atoms with Gasteiger partial charge in [0, 0.05) is 31.9 Å². The van der Waals surface area contributed by atoms with E-state index in [0.717, 1.165) is 26.2 Å². The van der Waals surface area contributed by atoms with E-state index in [2.05, 4.69) is 28.3 Å². The Morgan fingerprint density at radius 2 is 2.06 bits per heavy atom. The van der Waals surface area contributed by atoms with E-state index in [1.54, 1.807) is 0 Å². The van der Waals surface area contributed by atoms with Crippen molar-refractivity contribution in [1.82, 2.24) is 14.5 Å². The Labute approximate surface area is 109 Å². The van der Waals surface area contributed by atoms with Gasteiger partial charge in [-0.05, 0) is 33.1 Å². The molecule has 0 amide bonds. The van der Waals surface area contributed by atoms with Crippen molar-refractivity contribution in [2.45, 2.75) is 51.3 Å². The van der Waals surface area contributed by atoms with Crippen LogP contribution in [0.25, 0.3) is 0 Å². The molecule has 100 valence electrons. The number of likely N-dealkylation sites (tertiary alicyclic amines) is 1.